The molecule has 1 unspecified atom stereocenters. The molecule has 0 radical (unpaired) electrons. The molecule has 20 heavy (non-hydrogen) atoms. The van der Waals surface area contributed by atoms with E-state index in [9.17, 15) is 9.50 Å². The summed E-state index contributed by atoms with van der Waals surface area (Å²) in [5.74, 6) is -0.403. The molecule has 1 N–H and O–H groups in total. The van der Waals surface area contributed by atoms with Crippen molar-refractivity contribution in [2.24, 2.45) is 0 Å². The Balaban J connectivity index is 2.20. The van der Waals surface area contributed by atoms with Crippen LogP contribution in [0.2, 0.25) is 0 Å². The number of aliphatic hydroxyl groups excluding tert-OH is 1. The van der Waals surface area contributed by atoms with Gasteiger partial charge in [0.05, 0.1) is 16.8 Å². The number of rotatable bonds is 3. The summed E-state index contributed by atoms with van der Waals surface area (Å²) in [7, 11) is 0. The summed E-state index contributed by atoms with van der Waals surface area (Å²) >= 11 is 4.78. The van der Waals surface area contributed by atoms with Gasteiger partial charge in [-0.05, 0) is 12.1 Å². The average molecular weight is 358 g/mol. The van der Waals surface area contributed by atoms with Gasteiger partial charge in [0, 0.05) is 27.3 Å². The van der Waals surface area contributed by atoms with Crippen LogP contribution in [0.3, 0.4) is 0 Å². The zero-order chi connectivity index (χ0) is 14.9. The van der Waals surface area contributed by atoms with Crippen LogP contribution in [-0.2, 0) is 11.8 Å². The molecule has 1 atom stereocenters. The molecule has 1 aromatic heterocycles. The minimum Gasteiger partial charge on any atom is -0.388 e. The lowest BCUT2D eigenvalue weighted by Gasteiger charge is -2.15. The number of hydrogen-bond acceptors (Lipinski definition) is 3. The Morgan fingerprint density at radius 1 is 1.40 bits per heavy atom. The molecular weight excluding hydrogens is 341 g/mol. The van der Waals surface area contributed by atoms with Crippen molar-refractivity contribution in [3.8, 4) is 0 Å². The Labute approximate surface area is 130 Å². The van der Waals surface area contributed by atoms with Gasteiger partial charge in [0.1, 0.15) is 5.82 Å². The van der Waals surface area contributed by atoms with Crippen LogP contribution < -0.4 is 0 Å². The summed E-state index contributed by atoms with van der Waals surface area (Å²) in [5, 5.41) is 13.1. The van der Waals surface area contributed by atoms with Crippen molar-refractivity contribution in [2.45, 2.75) is 38.7 Å². The van der Waals surface area contributed by atoms with Crippen molar-refractivity contribution >= 4 is 27.3 Å². The van der Waals surface area contributed by atoms with Gasteiger partial charge in [0.25, 0.3) is 0 Å². The van der Waals surface area contributed by atoms with Crippen molar-refractivity contribution < 1.29 is 9.50 Å². The summed E-state index contributed by atoms with van der Waals surface area (Å²) in [4.78, 5) is 4.53. The molecule has 0 saturated carbocycles. The first-order chi connectivity index (χ1) is 9.29. The number of benzene rings is 1. The van der Waals surface area contributed by atoms with Crippen LogP contribution in [0, 0.1) is 5.82 Å². The highest BCUT2D eigenvalue weighted by atomic mass is 79.9. The van der Waals surface area contributed by atoms with E-state index in [1.807, 2.05) is 5.38 Å². The van der Waals surface area contributed by atoms with Gasteiger partial charge in [-0.1, -0.05) is 42.8 Å². The molecule has 1 heterocycles. The molecule has 5 heteroatoms. The molecular formula is C15H17BrFNOS. The second-order valence-electron chi connectivity index (χ2n) is 5.73. The van der Waals surface area contributed by atoms with Crippen molar-refractivity contribution in [3.63, 3.8) is 0 Å². The van der Waals surface area contributed by atoms with Crippen LogP contribution in [-0.4, -0.2) is 10.1 Å². The van der Waals surface area contributed by atoms with E-state index in [0.29, 0.717) is 16.5 Å². The van der Waals surface area contributed by atoms with Crippen molar-refractivity contribution in [1.29, 1.82) is 0 Å². The molecule has 108 valence electrons. The quantitative estimate of drug-likeness (QED) is 0.869. The van der Waals surface area contributed by atoms with Gasteiger partial charge in [0.15, 0.2) is 0 Å². The van der Waals surface area contributed by atoms with Crippen LogP contribution >= 0.6 is 27.3 Å². The van der Waals surface area contributed by atoms with E-state index in [0.717, 1.165) is 10.7 Å². The second kappa shape index (κ2) is 5.92. The van der Waals surface area contributed by atoms with E-state index in [1.54, 1.807) is 12.1 Å². The summed E-state index contributed by atoms with van der Waals surface area (Å²) in [6.07, 6.45) is -0.579. The zero-order valence-electron chi connectivity index (χ0n) is 11.7. The molecule has 0 spiro atoms. The minimum absolute atomic E-state index is 0.0156. The maximum Gasteiger partial charge on any atom is 0.130 e. The average Bonchev–Trinajstić information content (AvgIpc) is 2.76. The molecule has 2 aromatic rings. The summed E-state index contributed by atoms with van der Waals surface area (Å²) < 4.78 is 14.4. The third-order valence-electron chi connectivity index (χ3n) is 3.02. The molecule has 1 aromatic carbocycles. The predicted molar refractivity (Wildman–Crippen MR) is 83.6 cm³/mol. The van der Waals surface area contributed by atoms with Crippen molar-refractivity contribution in [3.05, 3.63) is 50.1 Å². The van der Waals surface area contributed by atoms with Gasteiger partial charge in [0.2, 0.25) is 0 Å². The molecule has 2 nitrogen and oxygen atoms in total. The van der Waals surface area contributed by atoms with Gasteiger partial charge in [-0.25, -0.2) is 9.37 Å². The molecule has 0 aliphatic rings. The van der Waals surface area contributed by atoms with Gasteiger partial charge in [-0.3, -0.25) is 0 Å². The highest BCUT2D eigenvalue weighted by Crippen LogP contribution is 2.30. The maximum absolute atomic E-state index is 13.8. The second-order valence-corrected chi connectivity index (χ2v) is 7.53. The Kier molecular flexibility index (Phi) is 4.62. The topological polar surface area (TPSA) is 33.1 Å². The van der Waals surface area contributed by atoms with Crippen LogP contribution in [0.15, 0.2) is 28.1 Å². The Bertz CT molecular complexity index is 586. The monoisotopic (exact) mass is 357 g/mol. The van der Waals surface area contributed by atoms with Crippen LogP contribution in [0.5, 0.6) is 0 Å². The molecule has 0 aliphatic carbocycles. The first kappa shape index (κ1) is 15.6. The highest BCUT2D eigenvalue weighted by molar-refractivity contribution is 9.10. The molecule has 0 bridgehead atoms. The smallest absolute Gasteiger partial charge is 0.130 e. The lowest BCUT2D eigenvalue weighted by molar-refractivity contribution is 0.172. The first-order valence-electron chi connectivity index (χ1n) is 6.36. The molecule has 0 amide bonds. The van der Waals surface area contributed by atoms with Crippen molar-refractivity contribution in [2.75, 3.05) is 0 Å². The van der Waals surface area contributed by atoms with Crippen LogP contribution in [0.1, 0.15) is 43.1 Å². The fraction of sp³-hybridized carbons (Fsp3) is 0.400. The molecule has 0 aliphatic heterocycles. The highest BCUT2D eigenvalue weighted by Gasteiger charge is 2.21. The van der Waals surface area contributed by atoms with Gasteiger partial charge in [-0.15, -0.1) is 11.3 Å². The number of aliphatic hydroxyl groups is 1. The van der Waals surface area contributed by atoms with E-state index >= 15 is 0 Å². The Morgan fingerprint density at radius 2 is 2.10 bits per heavy atom. The normalized spacial score (nSPS) is 13.5. The Hall–Kier alpha value is -0.780. The SMILES string of the molecule is CC(C)(C)c1csc(CC(O)c2c(F)cccc2Br)n1. The number of thiazole rings is 1. The fourth-order valence-electron chi connectivity index (χ4n) is 1.85. The third-order valence-corrected chi connectivity index (χ3v) is 4.58. The molecule has 0 fully saturated rings. The van der Waals surface area contributed by atoms with Crippen LogP contribution in [0.4, 0.5) is 4.39 Å². The van der Waals surface area contributed by atoms with Gasteiger partial charge >= 0.3 is 0 Å². The van der Waals surface area contributed by atoms with Crippen molar-refractivity contribution in [1.82, 2.24) is 4.98 Å². The number of hydrogen-bond donors (Lipinski definition) is 1. The molecule has 0 saturated heterocycles. The number of halogens is 2. The van der Waals surface area contributed by atoms with Crippen LogP contribution in [0.25, 0.3) is 0 Å². The van der Waals surface area contributed by atoms with E-state index in [1.165, 1.54) is 17.4 Å². The lowest BCUT2D eigenvalue weighted by Crippen LogP contribution is -2.12. The van der Waals surface area contributed by atoms with E-state index < -0.39 is 11.9 Å². The number of nitrogens with zero attached hydrogens (tertiary/aromatic N) is 1. The largest absolute Gasteiger partial charge is 0.388 e. The number of aromatic nitrogens is 1. The third kappa shape index (κ3) is 3.45. The lowest BCUT2D eigenvalue weighted by atomic mass is 9.93. The van der Waals surface area contributed by atoms with Gasteiger partial charge < -0.3 is 5.11 Å². The minimum atomic E-state index is -0.899. The standard InChI is InChI=1S/C15H17BrFNOS/c1-15(2,3)12-8-20-13(18-12)7-11(19)14-9(16)5-4-6-10(14)17/h4-6,8,11,19H,7H2,1-3H3. The van der Waals surface area contributed by atoms with E-state index in [-0.39, 0.29) is 5.41 Å². The summed E-state index contributed by atoms with van der Waals surface area (Å²) in [6.45, 7) is 6.28. The van der Waals surface area contributed by atoms with Gasteiger partial charge in [-0.2, -0.15) is 0 Å². The first-order valence-corrected chi connectivity index (χ1v) is 8.03. The fourth-order valence-corrected chi connectivity index (χ4v) is 3.51. The Morgan fingerprint density at radius 3 is 2.65 bits per heavy atom. The summed E-state index contributed by atoms with van der Waals surface area (Å²) in [6, 6.07) is 4.69. The van der Waals surface area contributed by atoms with E-state index in [2.05, 4.69) is 41.7 Å². The zero-order valence-corrected chi connectivity index (χ0v) is 14.1. The molecule has 2 rings (SSSR count). The summed E-state index contributed by atoms with van der Waals surface area (Å²) in [5.41, 5.74) is 1.27. The predicted octanol–water partition coefficient (Wildman–Crippen LogP) is 4.62. The maximum atomic E-state index is 13.8. The van der Waals surface area contributed by atoms with E-state index in [4.69, 9.17) is 0 Å².